The molecule has 0 aliphatic carbocycles. The lowest BCUT2D eigenvalue weighted by molar-refractivity contribution is 0.124. The highest BCUT2D eigenvalue weighted by Gasteiger charge is 2.11. The first-order valence-electron chi connectivity index (χ1n) is 5.99. The van der Waals surface area contributed by atoms with Crippen molar-refractivity contribution in [1.29, 1.82) is 0 Å². The summed E-state index contributed by atoms with van der Waals surface area (Å²) in [5.41, 5.74) is 7.25. The molecule has 0 bridgehead atoms. The predicted octanol–water partition coefficient (Wildman–Crippen LogP) is 3.26. The lowest BCUT2D eigenvalue weighted by Crippen LogP contribution is -2.23. The van der Waals surface area contributed by atoms with Gasteiger partial charge in [-0.2, -0.15) is 0 Å². The maximum atomic E-state index is 10.2. The highest BCUT2D eigenvalue weighted by Crippen LogP contribution is 2.22. The highest BCUT2D eigenvalue weighted by molar-refractivity contribution is 9.10. The Morgan fingerprint density at radius 3 is 2.63 bits per heavy atom. The van der Waals surface area contributed by atoms with Gasteiger partial charge in [0.05, 0.1) is 6.10 Å². The van der Waals surface area contributed by atoms with Crippen molar-refractivity contribution in [3.63, 3.8) is 0 Å². The molecule has 1 atom stereocenters. The second kappa shape index (κ2) is 6.52. The third-order valence-corrected chi connectivity index (χ3v) is 4.54. The number of nitrogen functional groups attached to an aromatic ring is 1. The van der Waals surface area contributed by atoms with Crippen molar-refractivity contribution in [2.45, 2.75) is 12.6 Å². The second-order valence-electron chi connectivity index (χ2n) is 4.61. The number of benzene rings is 1. The Balaban J connectivity index is 1.91. The molecule has 1 unspecified atom stereocenters. The van der Waals surface area contributed by atoms with E-state index in [1.807, 2.05) is 31.3 Å². The molecule has 1 aromatic carbocycles. The fourth-order valence-electron chi connectivity index (χ4n) is 1.89. The van der Waals surface area contributed by atoms with Gasteiger partial charge in [-0.1, -0.05) is 12.1 Å². The largest absolute Gasteiger partial charge is 0.399 e. The SMILES string of the molecule is CN(Cc1cc(Br)cs1)CC(O)c1ccc(N)cc1. The molecule has 0 spiro atoms. The molecule has 0 fully saturated rings. The van der Waals surface area contributed by atoms with E-state index in [1.54, 1.807) is 11.3 Å². The van der Waals surface area contributed by atoms with Crippen molar-refractivity contribution in [2.75, 3.05) is 19.3 Å². The molecule has 102 valence electrons. The van der Waals surface area contributed by atoms with E-state index in [9.17, 15) is 5.11 Å². The maximum Gasteiger partial charge on any atom is 0.0916 e. The summed E-state index contributed by atoms with van der Waals surface area (Å²) in [6, 6.07) is 9.48. The van der Waals surface area contributed by atoms with Crippen LogP contribution in [0.15, 0.2) is 40.2 Å². The number of nitrogens with two attached hydrogens (primary N) is 1. The zero-order valence-corrected chi connectivity index (χ0v) is 13.1. The number of halogens is 1. The van der Waals surface area contributed by atoms with Gasteiger partial charge in [0, 0.05) is 33.5 Å². The zero-order chi connectivity index (χ0) is 13.8. The molecule has 2 aromatic rings. The van der Waals surface area contributed by atoms with Crippen LogP contribution < -0.4 is 5.73 Å². The van der Waals surface area contributed by atoms with Gasteiger partial charge >= 0.3 is 0 Å². The Morgan fingerprint density at radius 2 is 2.05 bits per heavy atom. The van der Waals surface area contributed by atoms with Crippen LogP contribution in [0.25, 0.3) is 0 Å². The first-order chi connectivity index (χ1) is 9.04. The van der Waals surface area contributed by atoms with Crippen molar-refractivity contribution < 1.29 is 5.11 Å². The van der Waals surface area contributed by atoms with Gasteiger partial charge in [-0.15, -0.1) is 11.3 Å². The van der Waals surface area contributed by atoms with E-state index in [0.717, 1.165) is 16.6 Å². The van der Waals surface area contributed by atoms with Crippen LogP contribution in [-0.2, 0) is 6.54 Å². The standard InChI is InChI=1S/C14H17BrN2OS/c1-17(7-13-6-11(15)9-19-13)8-14(18)10-2-4-12(16)5-3-10/h2-6,9,14,18H,7-8,16H2,1H3. The molecule has 0 radical (unpaired) electrons. The smallest absolute Gasteiger partial charge is 0.0916 e. The van der Waals surface area contributed by atoms with E-state index in [-0.39, 0.29) is 0 Å². The summed E-state index contributed by atoms with van der Waals surface area (Å²) in [7, 11) is 2.01. The number of likely N-dealkylation sites (N-methyl/N-ethyl adjacent to an activating group) is 1. The van der Waals surface area contributed by atoms with Crippen LogP contribution >= 0.6 is 27.3 Å². The fraction of sp³-hybridized carbons (Fsp3) is 0.286. The van der Waals surface area contributed by atoms with E-state index in [1.165, 1.54) is 4.88 Å². The van der Waals surface area contributed by atoms with Gasteiger partial charge in [0.15, 0.2) is 0 Å². The molecule has 0 amide bonds. The molecule has 1 aromatic heterocycles. The number of nitrogens with zero attached hydrogens (tertiary/aromatic N) is 1. The topological polar surface area (TPSA) is 49.5 Å². The van der Waals surface area contributed by atoms with Crippen LogP contribution in [0.2, 0.25) is 0 Å². The van der Waals surface area contributed by atoms with Crippen molar-refractivity contribution >= 4 is 33.0 Å². The number of rotatable bonds is 5. The molecular formula is C14H17BrN2OS. The first kappa shape index (κ1) is 14.5. The van der Waals surface area contributed by atoms with Crippen molar-refractivity contribution in [1.82, 2.24) is 4.90 Å². The normalized spacial score (nSPS) is 12.8. The van der Waals surface area contributed by atoms with Gasteiger partial charge < -0.3 is 10.8 Å². The van der Waals surface area contributed by atoms with E-state index in [4.69, 9.17) is 5.73 Å². The van der Waals surface area contributed by atoms with Crippen molar-refractivity contribution in [3.8, 4) is 0 Å². The number of hydrogen-bond donors (Lipinski definition) is 2. The Hall–Kier alpha value is -0.880. The Bertz CT molecular complexity index is 526. The van der Waals surface area contributed by atoms with E-state index >= 15 is 0 Å². The maximum absolute atomic E-state index is 10.2. The summed E-state index contributed by atoms with van der Waals surface area (Å²) in [4.78, 5) is 3.39. The summed E-state index contributed by atoms with van der Waals surface area (Å²) in [6.07, 6.45) is -0.492. The highest BCUT2D eigenvalue weighted by atomic mass is 79.9. The third kappa shape index (κ3) is 4.31. The van der Waals surface area contributed by atoms with E-state index in [0.29, 0.717) is 12.2 Å². The summed E-state index contributed by atoms with van der Waals surface area (Å²) in [5, 5.41) is 12.2. The average Bonchev–Trinajstić information content (AvgIpc) is 2.75. The Kier molecular flexibility index (Phi) is 4.99. The molecule has 3 nitrogen and oxygen atoms in total. The van der Waals surface area contributed by atoms with Crippen LogP contribution in [0.4, 0.5) is 5.69 Å². The average molecular weight is 341 g/mol. The number of anilines is 1. The molecule has 19 heavy (non-hydrogen) atoms. The van der Waals surface area contributed by atoms with Crippen LogP contribution in [0.5, 0.6) is 0 Å². The molecule has 0 saturated heterocycles. The second-order valence-corrected chi connectivity index (χ2v) is 6.52. The number of thiophene rings is 1. The van der Waals surface area contributed by atoms with Crippen LogP contribution in [0.3, 0.4) is 0 Å². The van der Waals surface area contributed by atoms with E-state index < -0.39 is 6.10 Å². The molecule has 0 aliphatic rings. The van der Waals surface area contributed by atoms with Gasteiger partial charge in [-0.3, -0.25) is 4.90 Å². The van der Waals surface area contributed by atoms with Gasteiger partial charge in [0.1, 0.15) is 0 Å². The minimum atomic E-state index is -0.492. The van der Waals surface area contributed by atoms with Gasteiger partial charge in [-0.05, 0) is 46.7 Å². The molecule has 1 heterocycles. The minimum absolute atomic E-state index is 0.492. The van der Waals surface area contributed by atoms with Crippen molar-refractivity contribution in [3.05, 3.63) is 50.6 Å². The zero-order valence-electron chi connectivity index (χ0n) is 10.7. The quantitative estimate of drug-likeness (QED) is 0.821. The molecular weight excluding hydrogens is 324 g/mol. The molecule has 0 aliphatic heterocycles. The Morgan fingerprint density at radius 1 is 1.37 bits per heavy atom. The third-order valence-electron chi connectivity index (χ3n) is 2.85. The van der Waals surface area contributed by atoms with Gasteiger partial charge in [-0.25, -0.2) is 0 Å². The van der Waals surface area contributed by atoms with E-state index in [2.05, 4.69) is 32.3 Å². The predicted molar refractivity (Wildman–Crippen MR) is 84.2 cm³/mol. The molecule has 2 rings (SSSR count). The fourth-order valence-corrected chi connectivity index (χ4v) is 3.42. The Labute approximate surface area is 125 Å². The molecule has 5 heteroatoms. The summed E-state index contributed by atoms with van der Waals surface area (Å²) < 4.78 is 1.11. The van der Waals surface area contributed by atoms with Crippen LogP contribution in [0.1, 0.15) is 16.5 Å². The number of aliphatic hydroxyl groups excluding tert-OH is 1. The molecule has 0 saturated carbocycles. The number of aliphatic hydroxyl groups is 1. The lowest BCUT2D eigenvalue weighted by atomic mass is 10.1. The first-order valence-corrected chi connectivity index (χ1v) is 7.67. The van der Waals surface area contributed by atoms with Gasteiger partial charge in [0.2, 0.25) is 0 Å². The molecule has 3 N–H and O–H groups in total. The van der Waals surface area contributed by atoms with Crippen LogP contribution in [0, 0.1) is 0 Å². The number of hydrogen-bond acceptors (Lipinski definition) is 4. The van der Waals surface area contributed by atoms with Gasteiger partial charge in [0.25, 0.3) is 0 Å². The summed E-state index contributed by atoms with van der Waals surface area (Å²) >= 11 is 5.16. The monoisotopic (exact) mass is 340 g/mol. The van der Waals surface area contributed by atoms with Crippen molar-refractivity contribution in [2.24, 2.45) is 0 Å². The van der Waals surface area contributed by atoms with Crippen LogP contribution in [-0.4, -0.2) is 23.6 Å². The summed E-state index contributed by atoms with van der Waals surface area (Å²) in [6.45, 7) is 1.43. The summed E-state index contributed by atoms with van der Waals surface area (Å²) in [5.74, 6) is 0. The minimum Gasteiger partial charge on any atom is -0.399 e. The lowest BCUT2D eigenvalue weighted by Gasteiger charge is -2.20.